The molecule has 2 aliphatic rings. The minimum Gasteiger partial charge on any atom is -0.480 e. The standard InChI is InChI=1S/C28H30N2O5/c1-3-10-24(26(32)33)29-25(31)23-15-8-9-16-28(23,2)30-27(34)35-17-22-20-13-6-4-11-18(20)19-12-5-7-14-21(19)22/h1,4-7,11-14,22-24H,8-10,15-17H2,2H3,(H,29,31)(H,30,34)(H,32,33). The number of ether oxygens (including phenoxy) is 1. The van der Waals surface area contributed by atoms with Crippen LogP contribution in [0.4, 0.5) is 4.79 Å². The summed E-state index contributed by atoms with van der Waals surface area (Å²) in [5, 5.41) is 14.8. The molecule has 0 radical (unpaired) electrons. The number of hydrogen-bond acceptors (Lipinski definition) is 4. The predicted molar refractivity (Wildman–Crippen MR) is 132 cm³/mol. The van der Waals surface area contributed by atoms with Crippen LogP contribution in [0.2, 0.25) is 0 Å². The quantitative estimate of drug-likeness (QED) is 0.525. The molecule has 3 N–H and O–H groups in total. The molecule has 0 aromatic heterocycles. The summed E-state index contributed by atoms with van der Waals surface area (Å²) in [6.45, 7) is 1.99. The maximum atomic E-state index is 13.0. The van der Waals surface area contributed by atoms with Gasteiger partial charge in [-0.3, -0.25) is 4.79 Å². The van der Waals surface area contributed by atoms with Crippen LogP contribution in [0.25, 0.3) is 11.1 Å². The second kappa shape index (κ2) is 10.2. The van der Waals surface area contributed by atoms with Crippen molar-refractivity contribution >= 4 is 18.0 Å². The van der Waals surface area contributed by atoms with Crippen molar-refractivity contribution in [2.45, 2.75) is 56.5 Å². The third-order valence-electron chi connectivity index (χ3n) is 7.19. The third-order valence-corrected chi connectivity index (χ3v) is 7.19. The van der Waals surface area contributed by atoms with Crippen LogP contribution in [0, 0.1) is 18.3 Å². The zero-order chi connectivity index (χ0) is 25.0. The van der Waals surface area contributed by atoms with E-state index in [1.54, 1.807) is 0 Å². The van der Waals surface area contributed by atoms with E-state index in [9.17, 15) is 19.5 Å². The Hall–Kier alpha value is -3.79. The van der Waals surface area contributed by atoms with E-state index in [1.165, 1.54) is 0 Å². The molecule has 2 aromatic carbocycles. The first-order valence-corrected chi connectivity index (χ1v) is 11.9. The van der Waals surface area contributed by atoms with Crippen LogP contribution < -0.4 is 10.6 Å². The first kappa shape index (κ1) is 24.3. The Morgan fingerprint density at radius 3 is 2.34 bits per heavy atom. The molecule has 2 amide bonds. The largest absolute Gasteiger partial charge is 0.480 e. The Bertz CT molecular complexity index is 1120. The highest BCUT2D eigenvalue weighted by Crippen LogP contribution is 2.44. The van der Waals surface area contributed by atoms with Crippen molar-refractivity contribution in [1.82, 2.24) is 10.6 Å². The van der Waals surface area contributed by atoms with E-state index in [4.69, 9.17) is 11.2 Å². The Balaban J connectivity index is 1.43. The van der Waals surface area contributed by atoms with Gasteiger partial charge in [0, 0.05) is 12.3 Å². The van der Waals surface area contributed by atoms with Gasteiger partial charge in [0.25, 0.3) is 0 Å². The summed E-state index contributed by atoms with van der Waals surface area (Å²) in [6.07, 6.45) is 7.33. The molecule has 7 nitrogen and oxygen atoms in total. The molecule has 2 aromatic rings. The molecule has 182 valence electrons. The Labute approximate surface area is 205 Å². The molecular formula is C28H30N2O5. The number of terminal acetylenes is 1. The van der Waals surface area contributed by atoms with Crippen LogP contribution >= 0.6 is 0 Å². The van der Waals surface area contributed by atoms with E-state index in [0.29, 0.717) is 12.8 Å². The number of nitrogens with one attached hydrogen (secondary N) is 2. The summed E-state index contributed by atoms with van der Waals surface area (Å²) in [5.74, 6) is 0.0280. The van der Waals surface area contributed by atoms with Gasteiger partial charge in [-0.2, -0.15) is 0 Å². The number of rotatable bonds is 7. The summed E-state index contributed by atoms with van der Waals surface area (Å²) >= 11 is 0. The van der Waals surface area contributed by atoms with E-state index < -0.39 is 35.5 Å². The highest BCUT2D eigenvalue weighted by atomic mass is 16.5. The Morgan fingerprint density at radius 1 is 1.11 bits per heavy atom. The van der Waals surface area contributed by atoms with Crippen molar-refractivity contribution in [3.63, 3.8) is 0 Å². The summed E-state index contributed by atoms with van der Waals surface area (Å²) in [4.78, 5) is 37.3. The lowest BCUT2D eigenvalue weighted by molar-refractivity contribution is -0.143. The second-order valence-electron chi connectivity index (χ2n) is 9.47. The van der Waals surface area contributed by atoms with Crippen molar-refractivity contribution in [1.29, 1.82) is 0 Å². The number of alkyl carbamates (subject to hydrolysis) is 1. The number of amides is 2. The van der Waals surface area contributed by atoms with E-state index in [1.807, 2.05) is 31.2 Å². The lowest BCUT2D eigenvalue weighted by Crippen LogP contribution is -2.59. The van der Waals surface area contributed by atoms with Gasteiger partial charge in [0.1, 0.15) is 12.6 Å². The first-order valence-electron chi connectivity index (χ1n) is 11.9. The van der Waals surface area contributed by atoms with Gasteiger partial charge >= 0.3 is 12.1 Å². The average molecular weight is 475 g/mol. The Kier molecular flexibility index (Phi) is 7.11. The number of hydrogen-bond donors (Lipinski definition) is 3. The smallest absolute Gasteiger partial charge is 0.407 e. The van der Waals surface area contributed by atoms with Gasteiger partial charge in [0.2, 0.25) is 5.91 Å². The van der Waals surface area contributed by atoms with Crippen molar-refractivity contribution in [3.8, 4) is 23.5 Å². The molecule has 3 atom stereocenters. The number of aliphatic carboxylic acids is 1. The number of carbonyl (C=O) groups is 3. The lowest BCUT2D eigenvalue weighted by Gasteiger charge is -2.41. The molecular weight excluding hydrogens is 444 g/mol. The molecule has 0 aliphatic heterocycles. The second-order valence-corrected chi connectivity index (χ2v) is 9.47. The molecule has 2 aliphatic carbocycles. The molecule has 0 saturated heterocycles. The van der Waals surface area contributed by atoms with Crippen molar-refractivity contribution in [2.75, 3.05) is 6.61 Å². The summed E-state index contributed by atoms with van der Waals surface area (Å²) in [7, 11) is 0. The number of carbonyl (C=O) groups excluding carboxylic acids is 2. The molecule has 1 saturated carbocycles. The summed E-state index contributed by atoms with van der Waals surface area (Å²) in [5.41, 5.74) is 3.68. The summed E-state index contributed by atoms with van der Waals surface area (Å²) in [6, 6.07) is 15.1. The van der Waals surface area contributed by atoms with Crippen LogP contribution in [-0.2, 0) is 14.3 Å². The van der Waals surface area contributed by atoms with Crippen molar-refractivity contribution < 1.29 is 24.2 Å². The molecule has 4 rings (SSSR count). The average Bonchev–Trinajstić information content (AvgIpc) is 3.16. The van der Waals surface area contributed by atoms with Crippen molar-refractivity contribution in [2.24, 2.45) is 5.92 Å². The highest BCUT2D eigenvalue weighted by Gasteiger charge is 2.43. The maximum absolute atomic E-state index is 13.0. The van der Waals surface area contributed by atoms with Gasteiger partial charge < -0.3 is 20.5 Å². The zero-order valence-corrected chi connectivity index (χ0v) is 19.8. The van der Waals surface area contributed by atoms with Gasteiger partial charge in [-0.15, -0.1) is 12.3 Å². The third kappa shape index (κ3) is 5.02. The van der Waals surface area contributed by atoms with Gasteiger partial charge in [-0.25, -0.2) is 9.59 Å². The highest BCUT2D eigenvalue weighted by molar-refractivity contribution is 5.86. The number of fused-ring (bicyclic) bond motifs is 3. The van der Waals surface area contributed by atoms with Crippen LogP contribution in [-0.4, -0.2) is 41.3 Å². The molecule has 7 heteroatoms. The fourth-order valence-corrected chi connectivity index (χ4v) is 5.36. The minimum absolute atomic E-state index is 0.0634. The van der Waals surface area contributed by atoms with E-state index in [0.717, 1.165) is 35.1 Å². The van der Waals surface area contributed by atoms with Crippen LogP contribution in [0.1, 0.15) is 56.1 Å². The molecule has 0 heterocycles. The fourth-order valence-electron chi connectivity index (χ4n) is 5.36. The van der Waals surface area contributed by atoms with Crippen LogP contribution in [0.3, 0.4) is 0 Å². The lowest BCUT2D eigenvalue weighted by atomic mass is 9.73. The topological polar surface area (TPSA) is 105 Å². The SMILES string of the molecule is C#CCC(NC(=O)C1CCCCC1(C)NC(=O)OCC1c2ccccc2-c2ccccc21)C(=O)O. The van der Waals surface area contributed by atoms with Gasteiger partial charge in [-0.1, -0.05) is 61.4 Å². The Morgan fingerprint density at radius 2 is 1.74 bits per heavy atom. The van der Waals surface area contributed by atoms with Crippen LogP contribution in [0.5, 0.6) is 0 Å². The van der Waals surface area contributed by atoms with E-state index in [2.05, 4.69) is 40.8 Å². The first-order chi connectivity index (χ1) is 16.8. The molecule has 3 unspecified atom stereocenters. The predicted octanol–water partition coefficient (Wildman–Crippen LogP) is 4.07. The molecule has 0 bridgehead atoms. The van der Waals surface area contributed by atoms with Gasteiger partial charge in [0.05, 0.1) is 11.5 Å². The molecule has 1 fully saturated rings. The zero-order valence-electron chi connectivity index (χ0n) is 19.8. The summed E-state index contributed by atoms with van der Waals surface area (Å²) < 4.78 is 5.69. The van der Waals surface area contributed by atoms with Crippen LogP contribution in [0.15, 0.2) is 48.5 Å². The fraction of sp³-hybridized carbons (Fsp3) is 0.393. The number of carboxylic acid groups (broad SMARTS) is 1. The number of carboxylic acids is 1. The van der Waals surface area contributed by atoms with Gasteiger partial charge in [-0.05, 0) is 42.0 Å². The van der Waals surface area contributed by atoms with Gasteiger partial charge in [0.15, 0.2) is 0 Å². The molecule has 0 spiro atoms. The minimum atomic E-state index is -1.18. The monoisotopic (exact) mass is 474 g/mol. The van der Waals surface area contributed by atoms with E-state index in [-0.39, 0.29) is 18.9 Å². The normalized spacial score (nSPS) is 21.7. The maximum Gasteiger partial charge on any atom is 0.407 e. The van der Waals surface area contributed by atoms with Crippen molar-refractivity contribution in [3.05, 3.63) is 59.7 Å². The number of benzene rings is 2. The van der Waals surface area contributed by atoms with E-state index >= 15 is 0 Å². The molecule has 35 heavy (non-hydrogen) atoms.